The number of hydrogen-bond donors (Lipinski definition) is 1. The first-order valence-electron chi connectivity index (χ1n) is 7.14. The molecule has 0 spiro atoms. The Morgan fingerprint density at radius 1 is 1.40 bits per heavy atom. The molecule has 1 aliphatic rings. The lowest BCUT2D eigenvalue weighted by molar-refractivity contribution is -0.140. The summed E-state index contributed by atoms with van der Waals surface area (Å²) in [6.07, 6.45) is 0.859. The van der Waals surface area contributed by atoms with Crippen molar-refractivity contribution >= 4 is 5.91 Å². The van der Waals surface area contributed by atoms with Crippen LogP contribution in [0.4, 0.5) is 0 Å². The number of likely N-dealkylation sites (tertiary alicyclic amines) is 1. The van der Waals surface area contributed by atoms with Gasteiger partial charge < -0.3 is 15.4 Å². The van der Waals surface area contributed by atoms with E-state index in [1.165, 1.54) is 0 Å². The molecule has 1 amide bonds. The minimum Gasteiger partial charge on any atom is -0.367 e. The highest BCUT2D eigenvalue weighted by Crippen LogP contribution is 2.27. The van der Waals surface area contributed by atoms with E-state index in [2.05, 4.69) is 13.8 Å². The second-order valence-corrected chi connectivity index (χ2v) is 6.18. The number of hydrogen-bond acceptors (Lipinski definition) is 3. The normalized spacial score (nSPS) is 21.8. The molecule has 0 aliphatic carbocycles. The first-order valence-corrected chi connectivity index (χ1v) is 7.14. The van der Waals surface area contributed by atoms with Gasteiger partial charge in [0.2, 0.25) is 5.91 Å². The van der Waals surface area contributed by atoms with E-state index in [4.69, 9.17) is 10.5 Å². The molecule has 2 N–H and O–H groups in total. The number of ether oxygens (including phenoxy) is 1. The van der Waals surface area contributed by atoms with Crippen LogP contribution in [0.5, 0.6) is 0 Å². The maximum absolute atomic E-state index is 12.1. The fraction of sp³-hybridized carbons (Fsp3) is 0.562. The van der Waals surface area contributed by atoms with Crippen molar-refractivity contribution in [2.75, 3.05) is 19.7 Å². The van der Waals surface area contributed by atoms with E-state index in [1.54, 1.807) is 0 Å². The Bertz CT molecular complexity index is 445. The molecule has 1 aliphatic heterocycles. The number of benzene rings is 1. The van der Waals surface area contributed by atoms with Crippen LogP contribution >= 0.6 is 0 Å². The fourth-order valence-electron chi connectivity index (χ4n) is 2.51. The molecule has 1 aromatic rings. The molecular formula is C16H24N2O2. The lowest BCUT2D eigenvalue weighted by Gasteiger charge is -2.42. The molecule has 20 heavy (non-hydrogen) atoms. The smallest absolute Gasteiger partial charge is 0.248 e. The summed E-state index contributed by atoms with van der Waals surface area (Å²) in [5, 5.41) is 0. The van der Waals surface area contributed by atoms with Crippen LogP contribution in [0.2, 0.25) is 0 Å². The predicted octanol–water partition coefficient (Wildman–Crippen LogP) is 1.79. The molecule has 0 saturated carbocycles. The molecule has 1 fully saturated rings. The van der Waals surface area contributed by atoms with Gasteiger partial charge in [-0.1, -0.05) is 44.2 Å². The molecule has 1 heterocycles. The summed E-state index contributed by atoms with van der Waals surface area (Å²) in [6.45, 7) is 6.28. The van der Waals surface area contributed by atoms with Crippen LogP contribution in [0.15, 0.2) is 30.3 Å². The largest absolute Gasteiger partial charge is 0.367 e. The average Bonchev–Trinajstić information content (AvgIpc) is 2.43. The highest BCUT2D eigenvalue weighted by molar-refractivity contribution is 5.77. The fourth-order valence-corrected chi connectivity index (χ4v) is 2.51. The van der Waals surface area contributed by atoms with Crippen molar-refractivity contribution in [2.45, 2.75) is 32.9 Å². The highest BCUT2D eigenvalue weighted by atomic mass is 16.5. The number of carbonyl (C=O) groups excluding carboxylic acids is 1. The number of rotatable bonds is 4. The zero-order valence-corrected chi connectivity index (χ0v) is 12.3. The quantitative estimate of drug-likeness (QED) is 0.912. The Labute approximate surface area is 120 Å². The monoisotopic (exact) mass is 276 g/mol. The van der Waals surface area contributed by atoms with Crippen LogP contribution in [0.1, 0.15) is 25.8 Å². The van der Waals surface area contributed by atoms with Crippen LogP contribution in [0, 0.1) is 5.41 Å². The molecule has 1 atom stereocenters. The van der Waals surface area contributed by atoms with Crippen molar-refractivity contribution in [2.24, 2.45) is 11.1 Å². The van der Waals surface area contributed by atoms with Gasteiger partial charge in [0.15, 0.2) is 0 Å². The van der Waals surface area contributed by atoms with E-state index in [9.17, 15) is 4.79 Å². The molecule has 4 heteroatoms. The van der Waals surface area contributed by atoms with E-state index in [0.717, 1.165) is 18.5 Å². The first-order chi connectivity index (χ1) is 9.49. The van der Waals surface area contributed by atoms with Gasteiger partial charge in [-0.15, -0.1) is 0 Å². The zero-order chi connectivity index (χ0) is 14.6. The lowest BCUT2D eigenvalue weighted by atomic mass is 9.80. The molecule has 0 aromatic heterocycles. The summed E-state index contributed by atoms with van der Waals surface area (Å²) < 4.78 is 5.51. The predicted molar refractivity (Wildman–Crippen MR) is 79.1 cm³/mol. The summed E-state index contributed by atoms with van der Waals surface area (Å²) in [6, 6.07) is 10.1. The second-order valence-electron chi connectivity index (χ2n) is 6.18. The molecule has 1 saturated heterocycles. The number of carbonyl (C=O) groups is 1. The first kappa shape index (κ1) is 15.0. The van der Waals surface area contributed by atoms with Gasteiger partial charge in [0.1, 0.15) is 6.61 Å². The minimum absolute atomic E-state index is 0.0205. The standard InChI is InChI=1S/C16H24N2O2/c1-16(2)12-18(9-8-14(16)17)15(19)11-20-10-13-6-4-3-5-7-13/h3-7,14H,8-12,17H2,1-2H3. The van der Waals surface area contributed by atoms with Gasteiger partial charge in [0.25, 0.3) is 0 Å². The number of amides is 1. The van der Waals surface area contributed by atoms with Crippen LogP contribution in [0.3, 0.4) is 0 Å². The third kappa shape index (κ3) is 3.81. The topological polar surface area (TPSA) is 55.6 Å². The van der Waals surface area contributed by atoms with Gasteiger partial charge in [-0.25, -0.2) is 0 Å². The van der Waals surface area contributed by atoms with Gasteiger partial charge in [-0.2, -0.15) is 0 Å². The average molecular weight is 276 g/mol. The maximum atomic E-state index is 12.1. The minimum atomic E-state index is -0.0205. The molecule has 4 nitrogen and oxygen atoms in total. The van der Waals surface area contributed by atoms with Gasteiger partial charge in [0.05, 0.1) is 6.61 Å². The van der Waals surface area contributed by atoms with Crippen molar-refractivity contribution in [1.82, 2.24) is 4.90 Å². The van der Waals surface area contributed by atoms with Gasteiger partial charge in [0, 0.05) is 19.1 Å². The summed E-state index contributed by atoms with van der Waals surface area (Å²) in [4.78, 5) is 14.0. The Morgan fingerprint density at radius 3 is 2.75 bits per heavy atom. The van der Waals surface area contributed by atoms with Crippen molar-refractivity contribution < 1.29 is 9.53 Å². The van der Waals surface area contributed by atoms with Crippen LogP contribution in [-0.2, 0) is 16.1 Å². The molecule has 0 radical (unpaired) electrons. The van der Waals surface area contributed by atoms with Crippen LogP contribution < -0.4 is 5.73 Å². The van der Waals surface area contributed by atoms with Crippen LogP contribution in [0.25, 0.3) is 0 Å². The lowest BCUT2D eigenvalue weighted by Crippen LogP contribution is -2.54. The Kier molecular flexibility index (Phi) is 4.78. The van der Waals surface area contributed by atoms with Crippen molar-refractivity contribution in [3.63, 3.8) is 0 Å². The highest BCUT2D eigenvalue weighted by Gasteiger charge is 2.35. The third-order valence-corrected chi connectivity index (χ3v) is 4.00. The molecule has 0 bridgehead atoms. The molecule has 110 valence electrons. The van der Waals surface area contributed by atoms with E-state index in [1.807, 2.05) is 35.2 Å². The maximum Gasteiger partial charge on any atom is 0.248 e. The molecule has 1 unspecified atom stereocenters. The summed E-state index contributed by atoms with van der Waals surface area (Å²) in [5.74, 6) is 0.0564. The summed E-state index contributed by atoms with van der Waals surface area (Å²) in [7, 11) is 0. The molecule has 1 aromatic carbocycles. The number of nitrogens with zero attached hydrogens (tertiary/aromatic N) is 1. The van der Waals surface area contributed by atoms with E-state index < -0.39 is 0 Å². The van der Waals surface area contributed by atoms with Crippen molar-refractivity contribution in [3.8, 4) is 0 Å². The molecular weight excluding hydrogens is 252 g/mol. The van der Waals surface area contributed by atoms with Crippen molar-refractivity contribution in [3.05, 3.63) is 35.9 Å². The van der Waals surface area contributed by atoms with Gasteiger partial charge in [-0.05, 0) is 17.4 Å². The van der Waals surface area contributed by atoms with E-state index in [0.29, 0.717) is 13.2 Å². The third-order valence-electron chi connectivity index (χ3n) is 4.00. The summed E-state index contributed by atoms with van der Waals surface area (Å²) in [5.41, 5.74) is 7.15. The van der Waals surface area contributed by atoms with Crippen LogP contribution in [-0.4, -0.2) is 36.5 Å². The summed E-state index contributed by atoms with van der Waals surface area (Å²) >= 11 is 0. The Morgan fingerprint density at radius 2 is 2.10 bits per heavy atom. The number of nitrogens with two attached hydrogens (primary N) is 1. The zero-order valence-electron chi connectivity index (χ0n) is 12.3. The van der Waals surface area contributed by atoms with Gasteiger partial charge >= 0.3 is 0 Å². The number of piperidine rings is 1. The van der Waals surface area contributed by atoms with Gasteiger partial charge in [-0.3, -0.25) is 4.79 Å². The Balaban J connectivity index is 1.78. The molecule has 2 rings (SSSR count). The Hall–Kier alpha value is -1.39. The SMILES string of the molecule is CC1(C)CN(C(=O)COCc2ccccc2)CCC1N. The second kappa shape index (κ2) is 6.37. The van der Waals surface area contributed by atoms with E-state index in [-0.39, 0.29) is 24.0 Å². The van der Waals surface area contributed by atoms with Crippen molar-refractivity contribution in [1.29, 1.82) is 0 Å². The van der Waals surface area contributed by atoms with E-state index >= 15 is 0 Å².